The summed E-state index contributed by atoms with van der Waals surface area (Å²) in [5.41, 5.74) is 0.636. The third-order valence-electron chi connectivity index (χ3n) is 7.05. The number of aryl methyl sites for hydroxylation is 1. The molecule has 2 fully saturated rings. The van der Waals surface area contributed by atoms with Crippen molar-refractivity contribution in [3.05, 3.63) is 40.3 Å². The first-order valence-corrected chi connectivity index (χ1v) is 12.3. The second kappa shape index (κ2) is 8.36. The largest absolute Gasteiger partial charge is 0.338 e. The van der Waals surface area contributed by atoms with Crippen LogP contribution in [-0.4, -0.2) is 57.7 Å². The topological polar surface area (TPSA) is 58.4 Å². The number of hydrogen-bond donors (Lipinski definition) is 0. The van der Waals surface area contributed by atoms with Crippen molar-refractivity contribution in [3.8, 4) is 0 Å². The number of amides is 1. The van der Waals surface area contributed by atoms with Crippen LogP contribution >= 0.6 is 11.3 Å². The molecule has 164 valence electrons. The summed E-state index contributed by atoms with van der Waals surface area (Å²) in [6.07, 6.45) is 6.59. The molecule has 1 unspecified atom stereocenters. The Balaban J connectivity index is 1.38. The number of aromatic nitrogens is 2. The Labute approximate surface area is 186 Å². The molecule has 2 aliphatic rings. The van der Waals surface area contributed by atoms with Crippen molar-refractivity contribution in [2.45, 2.75) is 58.0 Å². The van der Waals surface area contributed by atoms with Crippen molar-refractivity contribution >= 4 is 37.4 Å². The van der Waals surface area contributed by atoms with Crippen LogP contribution in [0, 0.1) is 6.92 Å². The van der Waals surface area contributed by atoms with Crippen LogP contribution < -0.4 is 5.56 Å². The zero-order chi connectivity index (χ0) is 21.5. The Bertz CT molecular complexity index is 1170. The standard InChI is InChI=1S/C24H30N4O2S/c1-16-22-21(19-10-6-7-11-20(19)31-22)24(30)28(25-16)17(2)23(29)27-14-12-26(13-15-27)18-8-4-3-5-9-18/h6-7,10-11,17-18H,3-5,8-9,12-15H2,1-2H3. The first-order chi connectivity index (χ1) is 15.0. The summed E-state index contributed by atoms with van der Waals surface area (Å²) in [5.74, 6) is -0.00354. The van der Waals surface area contributed by atoms with Crippen LogP contribution in [0.4, 0.5) is 0 Å². The zero-order valence-corrected chi connectivity index (χ0v) is 19.2. The first kappa shape index (κ1) is 20.6. The molecule has 3 aromatic rings. The van der Waals surface area contributed by atoms with Crippen molar-refractivity contribution in [1.29, 1.82) is 0 Å². The van der Waals surface area contributed by atoms with E-state index in [1.165, 1.54) is 36.8 Å². The molecule has 3 heterocycles. The maximum Gasteiger partial charge on any atom is 0.276 e. The second-order valence-electron chi connectivity index (χ2n) is 8.97. The minimum absolute atomic E-state index is 0.00354. The molecule has 31 heavy (non-hydrogen) atoms. The number of benzene rings is 1. The van der Waals surface area contributed by atoms with Crippen molar-refractivity contribution < 1.29 is 4.79 Å². The lowest BCUT2D eigenvalue weighted by molar-refractivity contribution is -0.136. The van der Waals surface area contributed by atoms with Crippen LogP contribution in [0.25, 0.3) is 20.2 Å². The number of carbonyl (C=O) groups excluding carboxylic acids is 1. The molecule has 0 bridgehead atoms. The third kappa shape index (κ3) is 3.68. The van der Waals surface area contributed by atoms with Gasteiger partial charge in [-0.15, -0.1) is 11.3 Å². The molecule has 1 aromatic carbocycles. The summed E-state index contributed by atoms with van der Waals surface area (Å²) in [5, 5.41) is 6.20. The van der Waals surface area contributed by atoms with Gasteiger partial charge in [0.05, 0.1) is 15.8 Å². The fraction of sp³-hybridized carbons (Fsp3) is 0.542. The molecule has 1 saturated carbocycles. The average molecular weight is 439 g/mol. The lowest BCUT2D eigenvalue weighted by atomic mass is 9.94. The molecule has 2 aromatic heterocycles. The molecule has 1 atom stereocenters. The van der Waals surface area contributed by atoms with Crippen LogP contribution in [0.3, 0.4) is 0 Å². The van der Waals surface area contributed by atoms with E-state index in [2.05, 4.69) is 10.00 Å². The fourth-order valence-corrected chi connectivity index (χ4v) is 6.40. The lowest BCUT2D eigenvalue weighted by Crippen LogP contribution is -2.53. The van der Waals surface area contributed by atoms with Gasteiger partial charge < -0.3 is 4.90 Å². The third-order valence-corrected chi connectivity index (χ3v) is 8.32. The Morgan fingerprint density at radius 2 is 1.81 bits per heavy atom. The quantitative estimate of drug-likeness (QED) is 0.621. The van der Waals surface area contributed by atoms with Crippen LogP contribution in [-0.2, 0) is 4.79 Å². The Hall–Kier alpha value is -2.25. The van der Waals surface area contributed by atoms with Gasteiger partial charge >= 0.3 is 0 Å². The summed E-state index contributed by atoms with van der Waals surface area (Å²) < 4.78 is 3.41. The molecule has 7 heteroatoms. The molecule has 0 N–H and O–H groups in total. The molecule has 1 aliphatic heterocycles. The van der Waals surface area contributed by atoms with Gasteiger partial charge in [-0.25, -0.2) is 4.68 Å². The van der Waals surface area contributed by atoms with Crippen molar-refractivity contribution in [1.82, 2.24) is 19.6 Å². The smallest absolute Gasteiger partial charge is 0.276 e. The van der Waals surface area contributed by atoms with Gasteiger partial charge in [-0.05, 0) is 32.8 Å². The highest BCUT2D eigenvalue weighted by molar-refractivity contribution is 7.26. The summed E-state index contributed by atoms with van der Waals surface area (Å²) in [7, 11) is 0. The number of nitrogens with zero attached hydrogens (tertiary/aromatic N) is 4. The van der Waals surface area contributed by atoms with E-state index in [0.717, 1.165) is 46.7 Å². The molecule has 6 nitrogen and oxygen atoms in total. The van der Waals surface area contributed by atoms with Gasteiger partial charge in [-0.1, -0.05) is 37.5 Å². The number of thiophene rings is 1. The van der Waals surface area contributed by atoms with Gasteiger partial charge in [-0.2, -0.15) is 5.10 Å². The summed E-state index contributed by atoms with van der Waals surface area (Å²) in [6.45, 7) is 7.06. The Morgan fingerprint density at radius 1 is 1.10 bits per heavy atom. The number of fused-ring (bicyclic) bond motifs is 3. The van der Waals surface area contributed by atoms with Crippen LogP contribution in [0.5, 0.6) is 0 Å². The number of hydrogen-bond acceptors (Lipinski definition) is 5. The van der Waals surface area contributed by atoms with E-state index >= 15 is 0 Å². The SMILES string of the molecule is Cc1nn(C(C)C(=O)N2CCN(C3CCCCC3)CC2)c(=O)c2c1sc1ccccc12. The summed E-state index contributed by atoms with van der Waals surface area (Å²) in [6, 6.07) is 8.03. The Morgan fingerprint density at radius 3 is 2.55 bits per heavy atom. The van der Waals surface area contributed by atoms with Crippen LogP contribution in [0.15, 0.2) is 29.1 Å². The molecule has 0 radical (unpaired) electrons. The van der Waals surface area contributed by atoms with E-state index in [4.69, 9.17) is 0 Å². The van der Waals surface area contributed by atoms with Gasteiger partial charge in [0, 0.05) is 42.3 Å². The summed E-state index contributed by atoms with van der Waals surface area (Å²) in [4.78, 5) is 31.1. The minimum atomic E-state index is -0.601. The molecule has 1 amide bonds. The molecule has 1 aliphatic carbocycles. The van der Waals surface area contributed by atoms with E-state index in [0.29, 0.717) is 11.4 Å². The minimum Gasteiger partial charge on any atom is -0.338 e. The normalized spacial score (nSPS) is 19.9. The zero-order valence-electron chi connectivity index (χ0n) is 18.3. The van der Waals surface area contributed by atoms with Crippen LogP contribution in [0.2, 0.25) is 0 Å². The highest BCUT2D eigenvalue weighted by Crippen LogP contribution is 2.33. The Kier molecular flexibility index (Phi) is 5.56. The average Bonchev–Trinajstić information content (AvgIpc) is 3.22. The highest BCUT2D eigenvalue weighted by atomic mass is 32.1. The number of rotatable bonds is 3. The monoisotopic (exact) mass is 438 g/mol. The number of piperazine rings is 1. The predicted molar refractivity (Wildman–Crippen MR) is 126 cm³/mol. The van der Waals surface area contributed by atoms with Gasteiger partial charge in [0.1, 0.15) is 6.04 Å². The maximum absolute atomic E-state index is 13.4. The van der Waals surface area contributed by atoms with E-state index in [1.807, 2.05) is 43.0 Å². The van der Waals surface area contributed by atoms with E-state index in [9.17, 15) is 9.59 Å². The molecule has 1 saturated heterocycles. The maximum atomic E-state index is 13.4. The van der Waals surface area contributed by atoms with Gasteiger partial charge in [0.2, 0.25) is 5.91 Å². The first-order valence-electron chi connectivity index (χ1n) is 11.5. The van der Waals surface area contributed by atoms with Gasteiger partial charge in [0.25, 0.3) is 5.56 Å². The molecule has 5 rings (SSSR count). The lowest BCUT2D eigenvalue weighted by Gasteiger charge is -2.41. The predicted octanol–water partition coefficient (Wildman–Crippen LogP) is 3.96. The molecular weight excluding hydrogens is 408 g/mol. The van der Waals surface area contributed by atoms with Crippen LogP contribution in [0.1, 0.15) is 50.8 Å². The van der Waals surface area contributed by atoms with E-state index in [-0.39, 0.29) is 11.5 Å². The fourth-order valence-electron chi connectivity index (χ4n) is 5.26. The van der Waals surface area contributed by atoms with E-state index in [1.54, 1.807) is 11.3 Å². The highest BCUT2D eigenvalue weighted by Gasteiger charge is 2.30. The van der Waals surface area contributed by atoms with Crippen molar-refractivity contribution in [2.75, 3.05) is 26.2 Å². The molecular formula is C24H30N4O2S. The van der Waals surface area contributed by atoms with E-state index < -0.39 is 6.04 Å². The second-order valence-corrected chi connectivity index (χ2v) is 10.0. The van der Waals surface area contributed by atoms with Crippen molar-refractivity contribution in [2.24, 2.45) is 0 Å². The van der Waals surface area contributed by atoms with Gasteiger partial charge in [-0.3, -0.25) is 14.5 Å². The van der Waals surface area contributed by atoms with Gasteiger partial charge in [0.15, 0.2) is 0 Å². The number of carbonyl (C=O) groups is 1. The molecule has 0 spiro atoms. The van der Waals surface area contributed by atoms with Crippen molar-refractivity contribution in [3.63, 3.8) is 0 Å². The summed E-state index contributed by atoms with van der Waals surface area (Å²) >= 11 is 1.60.